The van der Waals surface area contributed by atoms with Crippen LogP contribution in [0.4, 0.5) is 0 Å². The largest absolute Gasteiger partial charge is 0.462 e. The Bertz CT molecular complexity index is 1140. The first-order valence-corrected chi connectivity index (χ1v) is 10.2. The van der Waals surface area contributed by atoms with Crippen molar-refractivity contribution in [2.45, 2.75) is 33.6 Å². The van der Waals surface area contributed by atoms with Gasteiger partial charge in [0.2, 0.25) is 0 Å². The highest BCUT2D eigenvalue weighted by Gasteiger charge is 2.13. The summed E-state index contributed by atoms with van der Waals surface area (Å²) in [7, 11) is 0. The summed E-state index contributed by atoms with van der Waals surface area (Å²) in [6.07, 6.45) is 1.60. The fraction of sp³-hybridized carbons (Fsp3) is 0.250. The molecule has 3 aromatic rings. The number of hydrogen-bond donors (Lipinski definition) is 0. The van der Waals surface area contributed by atoms with Gasteiger partial charge in [-0.15, -0.1) is 11.3 Å². The molecular weight excluding hydrogens is 384 g/mol. The standard InChI is InChI=1S/C24H24O4S/c1-14(2)23(25)27-12-6-7-17-8-10-20-19-11-9-18(28-24(26)15(3)4)13-21(19)29-22(20)16(17)5/h8-11,13H,1,3,6-7,12H2,2,4-5H3. The van der Waals surface area contributed by atoms with Gasteiger partial charge in [0.25, 0.3) is 0 Å². The number of aryl methyl sites for hydroxylation is 2. The van der Waals surface area contributed by atoms with Crippen LogP contribution in [0, 0.1) is 6.92 Å². The lowest BCUT2D eigenvalue weighted by molar-refractivity contribution is -0.139. The third-order valence-corrected chi connectivity index (χ3v) is 5.99. The first kappa shape index (κ1) is 20.8. The van der Waals surface area contributed by atoms with Gasteiger partial charge in [-0.1, -0.05) is 25.3 Å². The first-order chi connectivity index (χ1) is 13.8. The third-order valence-electron chi connectivity index (χ3n) is 4.70. The molecule has 2 aromatic carbocycles. The van der Waals surface area contributed by atoms with Gasteiger partial charge in [0.15, 0.2) is 0 Å². The van der Waals surface area contributed by atoms with E-state index in [2.05, 4.69) is 32.2 Å². The van der Waals surface area contributed by atoms with Crippen LogP contribution in [-0.2, 0) is 20.7 Å². The van der Waals surface area contributed by atoms with Crippen molar-refractivity contribution >= 4 is 43.4 Å². The lowest BCUT2D eigenvalue weighted by Gasteiger charge is -2.08. The second-order valence-corrected chi connectivity index (χ2v) is 8.23. The molecule has 4 nitrogen and oxygen atoms in total. The van der Waals surface area contributed by atoms with Crippen LogP contribution in [0.5, 0.6) is 5.75 Å². The average molecular weight is 409 g/mol. The number of thiophene rings is 1. The number of benzene rings is 2. The van der Waals surface area contributed by atoms with E-state index in [1.807, 2.05) is 18.2 Å². The highest BCUT2D eigenvalue weighted by Crippen LogP contribution is 2.38. The number of fused-ring (bicyclic) bond motifs is 3. The van der Waals surface area contributed by atoms with Gasteiger partial charge in [-0.2, -0.15) is 0 Å². The van der Waals surface area contributed by atoms with Crippen LogP contribution in [0.3, 0.4) is 0 Å². The highest BCUT2D eigenvalue weighted by atomic mass is 32.1. The molecule has 5 heteroatoms. The number of esters is 2. The van der Waals surface area contributed by atoms with E-state index in [1.54, 1.807) is 25.2 Å². The Morgan fingerprint density at radius 1 is 1.00 bits per heavy atom. The summed E-state index contributed by atoms with van der Waals surface area (Å²) in [6, 6.07) is 9.98. The van der Waals surface area contributed by atoms with Crippen LogP contribution in [0.1, 0.15) is 31.4 Å². The predicted molar refractivity (Wildman–Crippen MR) is 119 cm³/mol. The monoisotopic (exact) mass is 408 g/mol. The molecule has 1 heterocycles. The molecule has 150 valence electrons. The normalized spacial score (nSPS) is 10.9. The van der Waals surface area contributed by atoms with E-state index in [4.69, 9.17) is 9.47 Å². The Labute approximate surface area is 174 Å². The van der Waals surface area contributed by atoms with Crippen molar-refractivity contribution in [1.82, 2.24) is 0 Å². The summed E-state index contributed by atoms with van der Waals surface area (Å²) in [5.74, 6) is -0.240. The third kappa shape index (κ3) is 4.57. The second kappa shape index (κ2) is 8.62. The summed E-state index contributed by atoms with van der Waals surface area (Å²) >= 11 is 1.69. The Hall–Kier alpha value is -2.92. The topological polar surface area (TPSA) is 52.6 Å². The Morgan fingerprint density at radius 3 is 2.38 bits per heavy atom. The lowest BCUT2D eigenvalue weighted by Crippen LogP contribution is -2.07. The van der Waals surface area contributed by atoms with Crippen LogP contribution >= 0.6 is 11.3 Å². The molecule has 0 aliphatic carbocycles. The molecule has 0 N–H and O–H groups in total. The van der Waals surface area contributed by atoms with E-state index in [0.29, 0.717) is 23.5 Å². The van der Waals surface area contributed by atoms with Crippen molar-refractivity contribution < 1.29 is 19.1 Å². The number of ether oxygens (including phenoxy) is 2. The van der Waals surface area contributed by atoms with Gasteiger partial charge >= 0.3 is 11.9 Å². The molecule has 0 saturated carbocycles. The predicted octanol–water partition coefficient (Wildman–Crippen LogP) is 5.90. The Morgan fingerprint density at radius 2 is 1.69 bits per heavy atom. The minimum absolute atomic E-state index is 0.343. The maximum Gasteiger partial charge on any atom is 0.338 e. The lowest BCUT2D eigenvalue weighted by atomic mass is 10.0. The number of rotatable bonds is 7. The maximum absolute atomic E-state index is 11.8. The summed E-state index contributed by atoms with van der Waals surface area (Å²) in [5.41, 5.74) is 3.26. The number of hydrogen-bond acceptors (Lipinski definition) is 5. The maximum atomic E-state index is 11.8. The molecule has 0 aliphatic rings. The van der Waals surface area contributed by atoms with E-state index in [0.717, 1.165) is 22.9 Å². The number of carbonyl (C=O) groups is 2. The van der Waals surface area contributed by atoms with Gasteiger partial charge < -0.3 is 9.47 Å². The van der Waals surface area contributed by atoms with E-state index >= 15 is 0 Å². The molecule has 29 heavy (non-hydrogen) atoms. The van der Waals surface area contributed by atoms with Gasteiger partial charge in [0.05, 0.1) is 6.61 Å². The minimum atomic E-state index is -0.420. The van der Waals surface area contributed by atoms with Crippen LogP contribution in [-0.4, -0.2) is 18.5 Å². The van der Waals surface area contributed by atoms with Crippen molar-refractivity contribution in [3.8, 4) is 5.75 Å². The molecule has 0 spiro atoms. The van der Waals surface area contributed by atoms with Gasteiger partial charge in [-0.25, -0.2) is 9.59 Å². The molecule has 0 radical (unpaired) electrons. The van der Waals surface area contributed by atoms with E-state index in [-0.39, 0.29) is 5.97 Å². The fourth-order valence-corrected chi connectivity index (χ4v) is 4.33. The van der Waals surface area contributed by atoms with Crippen molar-refractivity contribution in [2.24, 2.45) is 0 Å². The van der Waals surface area contributed by atoms with Gasteiger partial charge in [-0.05, 0) is 62.9 Å². The summed E-state index contributed by atoms with van der Waals surface area (Å²) < 4.78 is 12.8. The quantitative estimate of drug-likeness (QED) is 0.211. The first-order valence-electron chi connectivity index (χ1n) is 9.43. The molecule has 0 aliphatic heterocycles. The van der Waals surface area contributed by atoms with E-state index in [9.17, 15) is 9.59 Å². The molecular formula is C24H24O4S. The molecule has 1 aromatic heterocycles. The van der Waals surface area contributed by atoms with Crippen molar-refractivity contribution in [1.29, 1.82) is 0 Å². The average Bonchev–Trinajstić information content (AvgIpc) is 3.05. The molecule has 0 amide bonds. The van der Waals surface area contributed by atoms with Gasteiger partial charge in [0, 0.05) is 31.3 Å². The van der Waals surface area contributed by atoms with Gasteiger partial charge in [-0.3, -0.25) is 0 Å². The van der Waals surface area contributed by atoms with Gasteiger partial charge in [0.1, 0.15) is 5.75 Å². The Kier molecular flexibility index (Phi) is 6.18. The fourth-order valence-electron chi connectivity index (χ4n) is 3.07. The van der Waals surface area contributed by atoms with Crippen LogP contribution in [0.2, 0.25) is 0 Å². The number of carbonyl (C=O) groups excluding carboxylic acids is 2. The molecule has 0 bridgehead atoms. The van der Waals surface area contributed by atoms with Crippen molar-refractivity contribution in [3.63, 3.8) is 0 Å². The zero-order valence-corrected chi connectivity index (χ0v) is 17.8. The summed E-state index contributed by atoms with van der Waals surface area (Å²) in [5, 5.41) is 2.34. The molecule has 0 unspecified atom stereocenters. The van der Waals surface area contributed by atoms with E-state index < -0.39 is 5.97 Å². The summed E-state index contributed by atoms with van der Waals surface area (Å²) in [6.45, 7) is 13.0. The van der Waals surface area contributed by atoms with Crippen LogP contribution in [0.25, 0.3) is 20.2 Å². The van der Waals surface area contributed by atoms with Crippen molar-refractivity contribution in [2.75, 3.05) is 6.61 Å². The molecule has 0 fully saturated rings. The summed E-state index contributed by atoms with van der Waals surface area (Å²) in [4.78, 5) is 23.2. The van der Waals surface area contributed by atoms with Crippen LogP contribution in [0.15, 0.2) is 54.6 Å². The second-order valence-electron chi connectivity index (χ2n) is 7.18. The van der Waals surface area contributed by atoms with E-state index in [1.165, 1.54) is 21.2 Å². The van der Waals surface area contributed by atoms with Crippen molar-refractivity contribution in [3.05, 3.63) is 65.8 Å². The smallest absolute Gasteiger partial charge is 0.338 e. The Balaban J connectivity index is 1.81. The minimum Gasteiger partial charge on any atom is -0.462 e. The SMILES string of the molecule is C=C(C)C(=O)OCCCc1ccc2c(sc3cc(OC(=O)C(=C)C)ccc32)c1C. The highest BCUT2D eigenvalue weighted by molar-refractivity contribution is 7.26. The zero-order valence-electron chi connectivity index (χ0n) is 17.0. The van der Waals surface area contributed by atoms with Crippen LogP contribution < -0.4 is 4.74 Å². The zero-order chi connectivity index (χ0) is 21.1. The molecule has 0 saturated heterocycles. The molecule has 0 atom stereocenters. The molecule has 3 rings (SSSR count).